The summed E-state index contributed by atoms with van der Waals surface area (Å²) in [7, 11) is 1.37. The topological polar surface area (TPSA) is 77.7 Å². The molecule has 1 aliphatic carbocycles. The molecule has 3 rings (SSSR count). The van der Waals surface area contributed by atoms with Crippen LogP contribution in [0.1, 0.15) is 30.5 Å². The summed E-state index contributed by atoms with van der Waals surface area (Å²) in [5, 5.41) is 3.98. The third kappa shape index (κ3) is 2.93. The smallest absolute Gasteiger partial charge is 0.336 e. The van der Waals surface area contributed by atoms with E-state index in [9.17, 15) is 4.79 Å². The van der Waals surface area contributed by atoms with Gasteiger partial charge in [-0.25, -0.2) is 4.79 Å². The zero-order chi connectivity index (χ0) is 13.2. The van der Waals surface area contributed by atoms with E-state index in [0.29, 0.717) is 31.5 Å². The molecule has 0 amide bonds. The fourth-order valence-electron chi connectivity index (χ4n) is 2.15. The van der Waals surface area contributed by atoms with E-state index in [2.05, 4.69) is 15.0 Å². The summed E-state index contributed by atoms with van der Waals surface area (Å²) in [6.45, 7) is 2.29. The van der Waals surface area contributed by atoms with E-state index in [1.807, 2.05) is 0 Å². The molecule has 0 bridgehead atoms. The van der Waals surface area contributed by atoms with Crippen molar-refractivity contribution < 1.29 is 18.8 Å². The highest BCUT2D eigenvalue weighted by molar-refractivity contribution is 5.74. The van der Waals surface area contributed by atoms with Crippen LogP contribution in [0.5, 0.6) is 0 Å². The van der Waals surface area contributed by atoms with E-state index >= 15 is 0 Å². The molecule has 0 spiro atoms. The van der Waals surface area contributed by atoms with Gasteiger partial charge in [0.15, 0.2) is 11.9 Å². The summed E-state index contributed by atoms with van der Waals surface area (Å²) >= 11 is 0. The molecule has 1 aromatic heterocycles. The molecule has 1 atom stereocenters. The number of carbonyl (C=O) groups is 1. The quantitative estimate of drug-likeness (QED) is 0.727. The highest BCUT2D eigenvalue weighted by Crippen LogP contribution is 2.38. The van der Waals surface area contributed by atoms with Gasteiger partial charge in [0.25, 0.3) is 0 Å². The van der Waals surface area contributed by atoms with Gasteiger partial charge in [-0.15, -0.1) is 0 Å². The average Bonchev–Trinajstić information content (AvgIpc) is 3.19. The average molecular weight is 267 g/mol. The normalized spacial score (nSPS) is 24.4. The Bertz CT molecular complexity index is 458. The van der Waals surface area contributed by atoms with Crippen LogP contribution in [-0.4, -0.2) is 53.9 Å². The number of nitrogens with zero attached hydrogens (tertiary/aromatic N) is 3. The van der Waals surface area contributed by atoms with Crippen LogP contribution >= 0.6 is 0 Å². The standard InChI is InChI=1S/C12H17N3O4/c1-17-12(16)9-6-15(4-5-18-9)7-10-13-11(14-19-10)8-2-3-8/h8-9H,2-7H2,1H3. The van der Waals surface area contributed by atoms with Crippen molar-refractivity contribution in [3.8, 4) is 0 Å². The number of hydrogen-bond acceptors (Lipinski definition) is 7. The zero-order valence-corrected chi connectivity index (χ0v) is 10.9. The lowest BCUT2D eigenvalue weighted by atomic mass is 10.2. The molecule has 7 heteroatoms. The molecule has 2 fully saturated rings. The maximum atomic E-state index is 11.4. The Labute approximate surface area is 110 Å². The van der Waals surface area contributed by atoms with Gasteiger partial charge in [-0.1, -0.05) is 5.16 Å². The van der Waals surface area contributed by atoms with Crippen molar-refractivity contribution in [1.29, 1.82) is 0 Å². The Balaban J connectivity index is 1.57. The summed E-state index contributed by atoms with van der Waals surface area (Å²) in [5.41, 5.74) is 0. The zero-order valence-electron chi connectivity index (χ0n) is 10.9. The maximum Gasteiger partial charge on any atom is 0.336 e. The molecule has 0 radical (unpaired) electrons. The van der Waals surface area contributed by atoms with Crippen molar-refractivity contribution in [1.82, 2.24) is 15.0 Å². The van der Waals surface area contributed by atoms with Gasteiger partial charge in [-0.05, 0) is 12.8 Å². The van der Waals surface area contributed by atoms with Gasteiger partial charge in [0.2, 0.25) is 5.89 Å². The number of morpholine rings is 1. The Kier molecular flexibility index (Phi) is 3.48. The van der Waals surface area contributed by atoms with Crippen molar-refractivity contribution in [2.24, 2.45) is 0 Å². The Morgan fingerprint density at radius 2 is 2.37 bits per heavy atom. The second-order valence-corrected chi connectivity index (χ2v) is 4.94. The Hall–Kier alpha value is -1.47. The molecule has 19 heavy (non-hydrogen) atoms. The first-order valence-corrected chi connectivity index (χ1v) is 6.50. The van der Waals surface area contributed by atoms with Crippen molar-refractivity contribution >= 4 is 5.97 Å². The van der Waals surface area contributed by atoms with E-state index in [1.54, 1.807) is 0 Å². The molecule has 2 aliphatic rings. The van der Waals surface area contributed by atoms with Crippen LogP contribution in [0.2, 0.25) is 0 Å². The molecule has 1 saturated carbocycles. The highest BCUT2D eigenvalue weighted by Gasteiger charge is 2.31. The Morgan fingerprint density at radius 1 is 1.53 bits per heavy atom. The van der Waals surface area contributed by atoms with Crippen molar-refractivity contribution in [3.63, 3.8) is 0 Å². The summed E-state index contributed by atoms with van der Waals surface area (Å²) in [6, 6.07) is 0. The third-order valence-electron chi connectivity index (χ3n) is 3.40. The van der Waals surface area contributed by atoms with Crippen LogP contribution in [0, 0.1) is 0 Å². The molecule has 1 aromatic rings. The van der Waals surface area contributed by atoms with Gasteiger partial charge >= 0.3 is 5.97 Å². The van der Waals surface area contributed by atoms with Crippen molar-refractivity contribution in [2.45, 2.75) is 31.4 Å². The van der Waals surface area contributed by atoms with Gasteiger partial charge in [0, 0.05) is 19.0 Å². The van der Waals surface area contributed by atoms with Crippen LogP contribution < -0.4 is 0 Å². The SMILES string of the molecule is COC(=O)C1CN(Cc2nc(C3CC3)no2)CCO1. The number of aromatic nitrogens is 2. The molecular weight excluding hydrogens is 250 g/mol. The minimum absolute atomic E-state index is 0.339. The Morgan fingerprint density at radius 3 is 3.11 bits per heavy atom. The van der Waals surface area contributed by atoms with Gasteiger partial charge in [-0.2, -0.15) is 4.98 Å². The second kappa shape index (κ2) is 5.26. The van der Waals surface area contributed by atoms with Crippen LogP contribution in [-0.2, 0) is 20.8 Å². The molecule has 1 saturated heterocycles. The largest absolute Gasteiger partial charge is 0.467 e. The number of rotatable bonds is 4. The lowest BCUT2D eigenvalue weighted by Crippen LogP contribution is -2.46. The van der Waals surface area contributed by atoms with Crippen LogP contribution in [0.3, 0.4) is 0 Å². The first-order valence-electron chi connectivity index (χ1n) is 6.50. The molecule has 0 aromatic carbocycles. The predicted octanol–water partition coefficient (Wildman–Crippen LogP) is 0.321. The van der Waals surface area contributed by atoms with Crippen LogP contribution in [0.15, 0.2) is 4.52 Å². The minimum Gasteiger partial charge on any atom is -0.467 e. The highest BCUT2D eigenvalue weighted by atomic mass is 16.6. The van der Waals surface area contributed by atoms with E-state index < -0.39 is 6.10 Å². The molecule has 7 nitrogen and oxygen atoms in total. The fraction of sp³-hybridized carbons (Fsp3) is 0.750. The number of hydrogen-bond donors (Lipinski definition) is 0. The van der Waals surface area contributed by atoms with E-state index in [4.69, 9.17) is 14.0 Å². The number of methoxy groups -OCH3 is 1. The summed E-state index contributed by atoms with van der Waals surface area (Å²) in [6.07, 6.45) is 1.78. The summed E-state index contributed by atoms with van der Waals surface area (Å²) in [5.74, 6) is 1.57. The van der Waals surface area contributed by atoms with Crippen LogP contribution in [0.25, 0.3) is 0 Å². The number of esters is 1. The molecule has 2 heterocycles. The molecule has 0 N–H and O–H groups in total. The third-order valence-corrected chi connectivity index (χ3v) is 3.40. The number of carbonyl (C=O) groups excluding carboxylic acids is 1. The monoisotopic (exact) mass is 267 g/mol. The van der Waals surface area contributed by atoms with Crippen molar-refractivity contribution in [2.75, 3.05) is 26.8 Å². The predicted molar refractivity (Wildman–Crippen MR) is 63.3 cm³/mol. The molecular formula is C12H17N3O4. The number of ether oxygens (including phenoxy) is 2. The second-order valence-electron chi connectivity index (χ2n) is 4.94. The lowest BCUT2D eigenvalue weighted by Gasteiger charge is -2.30. The summed E-state index contributed by atoms with van der Waals surface area (Å²) < 4.78 is 15.3. The maximum absolute atomic E-state index is 11.4. The minimum atomic E-state index is -0.524. The van der Waals surface area contributed by atoms with Gasteiger partial charge in [0.05, 0.1) is 20.3 Å². The van der Waals surface area contributed by atoms with Gasteiger partial charge in [-0.3, -0.25) is 4.90 Å². The van der Waals surface area contributed by atoms with E-state index in [0.717, 1.165) is 25.2 Å². The van der Waals surface area contributed by atoms with Gasteiger partial charge in [0.1, 0.15) is 0 Å². The fourth-order valence-corrected chi connectivity index (χ4v) is 2.15. The molecule has 104 valence electrons. The van der Waals surface area contributed by atoms with Crippen molar-refractivity contribution in [3.05, 3.63) is 11.7 Å². The van der Waals surface area contributed by atoms with Gasteiger partial charge < -0.3 is 14.0 Å². The molecule has 1 aliphatic heterocycles. The summed E-state index contributed by atoms with van der Waals surface area (Å²) in [4.78, 5) is 17.9. The first kappa shape index (κ1) is 12.6. The lowest BCUT2D eigenvalue weighted by molar-refractivity contribution is -0.160. The molecule has 1 unspecified atom stereocenters. The van der Waals surface area contributed by atoms with E-state index in [-0.39, 0.29) is 5.97 Å². The van der Waals surface area contributed by atoms with Crippen LogP contribution in [0.4, 0.5) is 0 Å². The first-order chi connectivity index (χ1) is 9.26. The van der Waals surface area contributed by atoms with E-state index in [1.165, 1.54) is 7.11 Å².